The number of amides is 2. The first kappa shape index (κ1) is 32.3. The predicted octanol–water partition coefficient (Wildman–Crippen LogP) is 3.58. The first-order valence-corrected chi connectivity index (χ1v) is 14.1. The number of nitrogens with zero attached hydrogens (tertiary/aromatic N) is 1. The van der Waals surface area contributed by atoms with Gasteiger partial charge in [-0.2, -0.15) is 0 Å². The minimum Gasteiger partial charge on any atom is -0.458 e. The first-order chi connectivity index (χ1) is 17.8. The average molecular weight is 543 g/mol. The van der Waals surface area contributed by atoms with Crippen LogP contribution in [-0.2, 0) is 28.5 Å². The molecular formula is C28H50N2O8. The van der Waals surface area contributed by atoms with Crippen LogP contribution in [-0.4, -0.2) is 90.3 Å². The Hall–Kier alpha value is -1.91. The van der Waals surface area contributed by atoms with Crippen molar-refractivity contribution in [3.05, 3.63) is 0 Å². The van der Waals surface area contributed by atoms with Crippen LogP contribution in [0.3, 0.4) is 0 Å². The highest BCUT2D eigenvalue weighted by atomic mass is 16.6. The molecule has 0 bridgehead atoms. The van der Waals surface area contributed by atoms with Crippen molar-refractivity contribution in [2.45, 2.75) is 122 Å². The zero-order chi connectivity index (χ0) is 28.3. The van der Waals surface area contributed by atoms with Crippen molar-refractivity contribution < 1.29 is 38.4 Å². The highest BCUT2D eigenvalue weighted by molar-refractivity contribution is 5.90. The number of rotatable bonds is 12. The number of carbonyl (C=O) groups excluding carboxylic acids is 3. The molecule has 1 heterocycles. The molecule has 1 aliphatic carbocycles. The van der Waals surface area contributed by atoms with Gasteiger partial charge in [0.15, 0.2) is 0 Å². The van der Waals surface area contributed by atoms with Crippen molar-refractivity contribution in [2.24, 2.45) is 5.92 Å². The van der Waals surface area contributed by atoms with E-state index < -0.39 is 35.3 Å². The van der Waals surface area contributed by atoms with Crippen LogP contribution in [0.15, 0.2) is 0 Å². The second kappa shape index (κ2) is 15.0. The fourth-order valence-corrected chi connectivity index (χ4v) is 4.90. The number of ether oxygens (including phenoxy) is 4. The van der Waals surface area contributed by atoms with E-state index in [1.165, 1.54) is 4.90 Å². The molecule has 1 saturated heterocycles. The van der Waals surface area contributed by atoms with Crippen LogP contribution in [0.2, 0.25) is 0 Å². The molecule has 0 spiro atoms. The minimum atomic E-state index is -0.793. The lowest BCUT2D eigenvalue weighted by atomic mass is 9.83. The van der Waals surface area contributed by atoms with Crippen LogP contribution in [0.1, 0.15) is 92.9 Å². The maximum absolute atomic E-state index is 14.0. The maximum Gasteiger partial charge on any atom is 0.408 e. The molecule has 2 fully saturated rings. The van der Waals surface area contributed by atoms with E-state index >= 15 is 0 Å². The zero-order valence-corrected chi connectivity index (χ0v) is 24.3. The third-order valence-electron chi connectivity index (χ3n) is 6.52. The van der Waals surface area contributed by atoms with Gasteiger partial charge in [0.1, 0.15) is 23.3 Å². The summed E-state index contributed by atoms with van der Waals surface area (Å²) in [5.74, 6) is -0.792. The quantitative estimate of drug-likeness (QED) is 0.283. The third kappa shape index (κ3) is 11.5. The molecular weight excluding hydrogens is 492 g/mol. The van der Waals surface area contributed by atoms with Gasteiger partial charge in [-0.1, -0.05) is 19.3 Å². The smallest absolute Gasteiger partial charge is 0.408 e. The molecule has 0 radical (unpaired) electrons. The second-order valence-corrected chi connectivity index (χ2v) is 12.3. The summed E-state index contributed by atoms with van der Waals surface area (Å²) in [5.41, 5.74) is -1.40. The van der Waals surface area contributed by atoms with E-state index in [9.17, 15) is 14.4 Å². The largest absolute Gasteiger partial charge is 0.458 e. The molecule has 0 aromatic heterocycles. The Morgan fingerprint density at radius 3 is 2.16 bits per heavy atom. The van der Waals surface area contributed by atoms with Crippen LogP contribution in [0.4, 0.5) is 4.79 Å². The molecule has 2 amide bonds. The number of carbonyl (C=O) groups is 3. The lowest BCUT2D eigenvalue weighted by molar-refractivity contribution is -0.163. The van der Waals surface area contributed by atoms with Crippen LogP contribution in [0.5, 0.6) is 0 Å². The van der Waals surface area contributed by atoms with Crippen LogP contribution < -0.4 is 5.32 Å². The predicted molar refractivity (Wildman–Crippen MR) is 143 cm³/mol. The highest BCUT2D eigenvalue weighted by Crippen LogP contribution is 2.31. The van der Waals surface area contributed by atoms with E-state index in [2.05, 4.69) is 5.32 Å². The summed E-state index contributed by atoms with van der Waals surface area (Å²) < 4.78 is 22.6. The number of alkyl carbamates (subject to hydrolysis) is 1. The molecule has 3 unspecified atom stereocenters. The fourth-order valence-electron chi connectivity index (χ4n) is 4.90. The van der Waals surface area contributed by atoms with Crippen molar-refractivity contribution in [3.8, 4) is 0 Å². The summed E-state index contributed by atoms with van der Waals surface area (Å²) in [6.45, 7) is 12.5. The number of aliphatic hydroxyl groups excluding tert-OH is 1. The molecule has 2 aliphatic rings. The molecule has 1 aliphatic heterocycles. The Bertz CT molecular complexity index is 755. The standard InChI is InChI=1S/C28H50N2O8/c1-27(2,3)37-25(33)22-18-21(36-17-11-16-35-15-10-14-31)19-30(22)24(32)23(20-12-8-7-9-13-20)29-26(34)38-28(4,5)6/h20-23,31H,7-19H2,1-6H3,(H,29,34). The number of hydrogen-bond donors (Lipinski definition) is 2. The highest BCUT2D eigenvalue weighted by Gasteiger charge is 2.46. The lowest BCUT2D eigenvalue weighted by Crippen LogP contribution is -2.56. The Labute approximate surface area is 228 Å². The molecule has 2 N–H and O–H groups in total. The lowest BCUT2D eigenvalue weighted by Gasteiger charge is -2.35. The maximum atomic E-state index is 14.0. The van der Waals surface area contributed by atoms with Crippen molar-refractivity contribution in [1.82, 2.24) is 10.2 Å². The number of aliphatic hydroxyl groups is 1. The van der Waals surface area contributed by atoms with Gasteiger partial charge < -0.3 is 34.3 Å². The van der Waals surface area contributed by atoms with Gasteiger partial charge in [-0.15, -0.1) is 0 Å². The normalized spacial score (nSPS) is 21.7. The third-order valence-corrected chi connectivity index (χ3v) is 6.52. The first-order valence-electron chi connectivity index (χ1n) is 14.1. The summed E-state index contributed by atoms with van der Waals surface area (Å²) in [7, 11) is 0. The van der Waals surface area contributed by atoms with Gasteiger partial charge in [0.25, 0.3) is 0 Å². The molecule has 220 valence electrons. The second-order valence-electron chi connectivity index (χ2n) is 12.3. The molecule has 38 heavy (non-hydrogen) atoms. The minimum absolute atomic E-state index is 0.0286. The summed E-state index contributed by atoms with van der Waals surface area (Å²) in [6, 6.07) is -1.58. The van der Waals surface area contributed by atoms with E-state index in [0.29, 0.717) is 39.1 Å². The molecule has 0 aromatic rings. The molecule has 10 nitrogen and oxygen atoms in total. The van der Waals surface area contributed by atoms with E-state index in [-0.39, 0.29) is 31.1 Å². The topological polar surface area (TPSA) is 124 Å². The Morgan fingerprint density at radius 1 is 0.921 bits per heavy atom. The number of nitrogens with one attached hydrogen (secondary N) is 1. The van der Waals surface area contributed by atoms with Crippen LogP contribution >= 0.6 is 0 Å². The number of hydrogen-bond acceptors (Lipinski definition) is 8. The van der Waals surface area contributed by atoms with Gasteiger partial charge in [-0.05, 0) is 73.1 Å². The van der Waals surface area contributed by atoms with E-state index in [0.717, 1.165) is 32.1 Å². The summed E-state index contributed by atoms with van der Waals surface area (Å²) in [6.07, 6.45) is 5.36. The van der Waals surface area contributed by atoms with E-state index in [4.69, 9.17) is 24.1 Å². The molecule has 2 rings (SSSR count). The average Bonchev–Trinajstić information content (AvgIpc) is 3.24. The van der Waals surface area contributed by atoms with Gasteiger partial charge in [0.2, 0.25) is 5.91 Å². The van der Waals surface area contributed by atoms with E-state index in [1.807, 2.05) is 0 Å². The molecule has 10 heteroatoms. The van der Waals surface area contributed by atoms with Crippen molar-refractivity contribution in [1.29, 1.82) is 0 Å². The molecule has 1 saturated carbocycles. The Balaban J connectivity index is 2.14. The van der Waals surface area contributed by atoms with Gasteiger partial charge in [-0.25, -0.2) is 9.59 Å². The van der Waals surface area contributed by atoms with Gasteiger partial charge >= 0.3 is 12.1 Å². The van der Waals surface area contributed by atoms with Crippen LogP contribution in [0.25, 0.3) is 0 Å². The van der Waals surface area contributed by atoms with Crippen molar-refractivity contribution in [3.63, 3.8) is 0 Å². The zero-order valence-electron chi connectivity index (χ0n) is 24.3. The Kier molecular flexibility index (Phi) is 12.8. The summed E-state index contributed by atoms with van der Waals surface area (Å²) in [4.78, 5) is 41.4. The summed E-state index contributed by atoms with van der Waals surface area (Å²) >= 11 is 0. The molecule has 0 aromatic carbocycles. The van der Waals surface area contributed by atoms with Gasteiger partial charge in [0.05, 0.1) is 6.10 Å². The Morgan fingerprint density at radius 2 is 1.55 bits per heavy atom. The fraction of sp³-hybridized carbons (Fsp3) is 0.893. The SMILES string of the molecule is CC(C)(C)OC(=O)NC(C(=O)N1CC(OCCCOCCCO)CC1C(=O)OC(C)(C)C)C1CCCCC1. The number of esters is 1. The van der Waals surface area contributed by atoms with Crippen molar-refractivity contribution in [2.75, 3.05) is 33.0 Å². The van der Waals surface area contributed by atoms with Crippen LogP contribution in [0, 0.1) is 5.92 Å². The van der Waals surface area contributed by atoms with Gasteiger partial charge in [-0.3, -0.25) is 4.79 Å². The number of likely N-dealkylation sites (tertiary alicyclic amines) is 1. The van der Waals surface area contributed by atoms with Gasteiger partial charge in [0, 0.05) is 39.4 Å². The monoisotopic (exact) mass is 542 g/mol. The molecule has 3 atom stereocenters. The van der Waals surface area contributed by atoms with Crippen molar-refractivity contribution >= 4 is 18.0 Å². The summed E-state index contributed by atoms with van der Waals surface area (Å²) in [5, 5.41) is 11.7. The van der Waals surface area contributed by atoms with E-state index in [1.54, 1.807) is 41.5 Å².